The number of nitrogens with zero attached hydrogens (tertiary/aromatic N) is 1. The molecule has 0 radical (unpaired) electrons. The lowest BCUT2D eigenvalue weighted by Crippen LogP contribution is -2.34. The van der Waals surface area contributed by atoms with Crippen molar-refractivity contribution in [1.29, 1.82) is 0 Å². The molecular weight excluding hydrogens is 272 g/mol. The van der Waals surface area contributed by atoms with Crippen molar-refractivity contribution in [3.8, 4) is 5.75 Å². The summed E-state index contributed by atoms with van der Waals surface area (Å²) < 4.78 is 0. The number of carbonyl (C=O) groups excluding carboxylic acids is 1. The van der Waals surface area contributed by atoms with Gasteiger partial charge in [0.15, 0.2) is 0 Å². The summed E-state index contributed by atoms with van der Waals surface area (Å²) in [7, 11) is 1.72. The lowest BCUT2D eigenvalue weighted by atomic mass is 10.1. The van der Waals surface area contributed by atoms with Crippen molar-refractivity contribution in [1.82, 2.24) is 4.90 Å². The first-order valence-electron chi connectivity index (χ1n) is 7.06. The molecule has 6 heteroatoms. The van der Waals surface area contributed by atoms with Crippen LogP contribution in [0.1, 0.15) is 36.0 Å². The van der Waals surface area contributed by atoms with Crippen LogP contribution in [0.3, 0.4) is 0 Å². The number of carboxylic acids is 1. The first-order valence-corrected chi connectivity index (χ1v) is 7.06. The van der Waals surface area contributed by atoms with Crippen molar-refractivity contribution >= 4 is 17.7 Å². The zero-order chi connectivity index (χ0) is 15.4. The molecule has 1 fully saturated rings. The van der Waals surface area contributed by atoms with Gasteiger partial charge in [-0.25, -0.2) is 9.59 Å². The smallest absolute Gasteiger partial charge is 0.335 e. The van der Waals surface area contributed by atoms with Gasteiger partial charge in [-0.05, 0) is 37.0 Å². The highest BCUT2D eigenvalue weighted by atomic mass is 16.4. The molecule has 1 aromatic rings. The standard InChI is InChI=1S/C15H20N2O4/c1-17(9-10-4-2-3-5-10)15(21)16-12-7-6-11(14(19)20)8-13(12)18/h6-8,10,18H,2-5,9H2,1H3,(H,16,21)(H,19,20). The van der Waals surface area contributed by atoms with Crippen LogP contribution >= 0.6 is 0 Å². The van der Waals surface area contributed by atoms with Crippen molar-refractivity contribution in [2.45, 2.75) is 25.7 Å². The van der Waals surface area contributed by atoms with E-state index in [0.29, 0.717) is 12.5 Å². The number of anilines is 1. The van der Waals surface area contributed by atoms with E-state index in [1.807, 2.05) is 0 Å². The van der Waals surface area contributed by atoms with E-state index in [4.69, 9.17) is 5.11 Å². The fourth-order valence-corrected chi connectivity index (χ4v) is 2.64. The zero-order valence-electron chi connectivity index (χ0n) is 12.0. The van der Waals surface area contributed by atoms with Crippen LogP contribution in [0.2, 0.25) is 0 Å². The molecule has 2 rings (SSSR count). The summed E-state index contributed by atoms with van der Waals surface area (Å²) in [6.07, 6.45) is 4.74. The lowest BCUT2D eigenvalue weighted by molar-refractivity contribution is 0.0696. The molecule has 2 amide bonds. The number of carbonyl (C=O) groups is 2. The molecule has 0 aromatic heterocycles. The van der Waals surface area contributed by atoms with Gasteiger partial charge >= 0.3 is 12.0 Å². The predicted octanol–water partition coefficient (Wildman–Crippen LogP) is 2.74. The van der Waals surface area contributed by atoms with E-state index in [-0.39, 0.29) is 23.0 Å². The summed E-state index contributed by atoms with van der Waals surface area (Å²) >= 11 is 0. The van der Waals surface area contributed by atoms with Crippen molar-refractivity contribution < 1.29 is 19.8 Å². The van der Waals surface area contributed by atoms with E-state index in [9.17, 15) is 14.7 Å². The van der Waals surface area contributed by atoms with Crippen LogP contribution in [0.25, 0.3) is 0 Å². The number of hydrogen-bond acceptors (Lipinski definition) is 3. The first kappa shape index (κ1) is 15.2. The molecule has 0 unspecified atom stereocenters. The van der Waals surface area contributed by atoms with Crippen molar-refractivity contribution in [3.05, 3.63) is 23.8 Å². The van der Waals surface area contributed by atoms with Gasteiger partial charge in [-0.3, -0.25) is 0 Å². The minimum Gasteiger partial charge on any atom is -0.506 e. The van der Waals surface area contributed by atoms with E-state index in [1.165, 1.54) is 25.0 Å². The van der Waals surface area contributed by atoms with Crippen LogP contribution in [0, 0.1) is 5.92 Å². The Balaban J connectivity index is 1.96. The molecule has 6 nitrogen and oxygen atoms in total. The number of nitrogens with one attached hydrogen (secondary N) is 1. The summed E-state index contributed by atoms with van der Waals surface area (Å²) in [4.78, 5) is 24.4. The van der Waals surface area contributed by atoms with Gasteiger partial charge in [-0.1, -0.05) is 12.8 Å². The number of hydrogen-bond donors (Lipinski definition) is 3. The van der Waals surface area contributed by atoms with Gasteiger partial charge in [0.25, 0.3) is 0 Å². The van der Waals surface area contributed by atoms with E-state index >= 15 is 0 Å². The molecule has 1 saturated carbocycles. The number of benzene rings is 1. The monoisotopic (exact) mass is 292 g/mol. The highest BCUT2D eigenvalue weighted by Gasteiger charge is 2.20. The fraction of sp³-hybridized carbons (Fsp3) is 0.467. The molecule has 1 aliphatic carbocycles. The number of phenols is 1. The Kier molecular flexibility index (Phi) is 4.67. The molecule has 0 saturated heterocycles. The lowest BCUT2D eigenvalue weighted by Gasteiger charge is -2.21. The number of amides is 2. The maximum absolute atomic E-state index is 12.1. The van der Waals surface area contributed by atoms with Crippen LogP contribution in [0.4, 0.5) is 10.5 Å². The van der Waals surface area contributed by atoms with Crippen LogP contribution in [-0.2, 0) is 0 Å². The molecular formula is C15H20N2O4. The summed E-state index contributed by atoms with van der Waals surface area (Å²) in [5, 5.41) is 21.2. The van der Waals surface area contributed by atoms with Gasteiger partial charge < -0.3 is 20.4 Å². The van der Waals surface area contributed by atoms with Crippen LogP contribution in [0.5, 0.6) is 5.75 Å². The normalized spacial score (nSPS) is 14.9. The molecule has 0 spiro atoms. The number of rotatable bonds is 4. The third-order valence-electron chi connectivity index (χ3n) is 3.84. The third kappa shape index (κ3) is 3.87. The molecule has 0 atom stereocenters. The van der Waals surface area contributed by atoms with Crippen molar-refractivity contribution in [3.63, 3.8) is 0 Å². The molecule has 3 N–H and O–H groups in total. The molecule has 21 heavy (non-hydrogen) atoms. The molecule has 0 heterocycles. The average Bonchev–Trinajstić information content (AvgIpc) is 2.93. The van der Waals surface area contributed by atoms with Gasteiger partial charge in [-0.2, -0.15) is 0 Å². The molecule has 1 aliphatic rings. The number of phenolic OH excluding ortho intramolecular Hbond substituents is 1. The Morgan fingerprint density at radius 2 is 2.00 bits per heavy atom. The minimum atomic E-state index is -1.12. The summed E-state index contributed by atoms with van der Waals surface area (Å²) in [5.74, 6) is -0.831. The fourth-order valence-electron chi connectivity index (χ4n) is 2.64. The predicted molar refractivity (Wildman–Crippen MR) is 78.7 cm³/mol. The second-order valence-electron chi connectivity index (χ2n) is 5.50. The number of carboxylic acid groups (broad SMARTS) is 1. The molecule has 1 aromatic carbocycles. The summed E-state index contributed by atoms with van der Waals surface area (Å²) in [6.45, 7) is 0.694. The van der Waals surface area contributed by atoms with Crippen molar-refractivity contribution in [2.24, 2.45) is 5.92 Å². The zero-order valence-corrected chi connectivity index (χ0v) is 12.0. The van der Waals surface area contributed by atoms with Gasteiger partial charge in [0.2, 0.25) is 0 Å². The number of aromatic carboxylic acids is 1. The Morgan fingerprint density at radius 1 is 1.33 bits per heavy atom. The van der Waals surface area contributed by atoms with Crippen molar-refractivity contribution in [2.75, 3.05) is 18.9 Å². The van der Waals surface area contributed by atoms with Gasteiger partial charge in [-0.15, -0.1) is 0 Å². The topological polar surface area (TPSA) is 89.9 Å². The second-order valence-corrected chi connectivity index (χ2v) is 5.50. The quantitative estimate of drug-likeness (QED) is 0.744. The molecule has 0 bridgehead atoms. The van der Waals surface area contributed by atoms with E-state index in [1.54, 1.807) is 11.9 Å². The Bertz CT molecular complexity index is 538. The highest BCUT2D eigenvalue weighted by Crippen LogP contribution is 2.27. The second kappa shape index (κ2) is 6.47. The van der Waals surface area contributed by atoms with Crippen LogP contribution in [0.15, 0.2) is 18.2 Å². The first-order chi connectivity index (χ1) is 9.97. The largest absolute Gasteiger partial charge is 0.506 e. The third-order valence-corrected chi connectivity index (χ3v) is 3.84. The number of aromatic hydroxyl groups is 1. The maximum atomic E-state index is 12.1. The van der Waals surface area contributed by atoms with E-state index in [0.717, 1.165) is 18.9 Å². The average molecular weight is 292 g/mol. The number of urea groups is 1. The van der Waals surface area contributed by atoms with Gasteiger partial charge in [0.1, 0.15) is 5.75 Å². The van der Waals surface area contributed by atoms with Crippen LogP contribution < -0.4 is 5.32 Å². The highest BCUT2D eigenvalue weighted by molar-refractivity contribution is 5.93. The molecule has 0 aliphatic heterocycles. The SMILES string of the molecule is CN(CC1CCCC1)C(=O)Nc1ccc(C(=O)O)cc1O. The van der Waals surface area contributed by atoms with Gasteiger partial charge in [0, 0.05) is 13.6 Å². The minimum absolute atomic E-state index is 0.0233. The summed E-state index contributed by atoms with van der Waals surface area (Å²) in [6, 6.07) is 3.55. The van der Waals surface area contributed by atoms with E-state index < -0.39 is 5.97 Å². The van der Waals surface area contributed by atoms with Crippen LogP contribution in [-0.4, -0.2) is 40.7 Å². The van der Waals surface area contributed by atoms with Gasteiger partial charge in [0.05, 0.1) is 11.3 Å². The maximum Gasteiger partial charge on any atom is 0.335 e. The Morgan fingerprint density at radius 3 is 2.57 bits per heavy atom. The summed E-state index contributed by atoms with van der Waals surface area (Å²) in [5.41, 5.74) is 0.188. The van der Waals surface area contributed by atoms with E-state index in [2.05, 4.69) is 5.32 Å². The Hall–Kier alpha value is -2.24. The Labute approximate surface area is 123 Å². The molecule has 114 valence electrons.